The minimum absolute atomic E-state index is 0.100. The van der Waals surface area contributed by atoms with E-state index in [-0.39, 0.29) is 11.4 Å². The van der Waals surface area contributed by atoms with E-state index in [1.54, 1.807) is 12.1 Å². The van der Waals surface area contributed by atoms with Crippen molar-refractivity contribution in [1.29, 1.82) is 0 Å². The number of hydrogen-bond donors (Lipinski definition) is 4. The number of nitrogens with two attached hydrogens (primary N) is 1. The van der Waals surface area contributed by atoms with Crippen molar-refractivity contribution in [3.05, 3.63) is 35.5 Å². The van der Waals surface area contributed by atoms with E-state index in [1.807, 2.05) is 0 Å². The van der Waals surface area contributed by atoms with Crippen LogP contribution >= 0.6 is 0 Å². The number of benzene rings is 1. The Morgan fingerprint density at radius 3 is 2.41 bits per heavy atom. The molecule has 0 heterocycles. The highest BCUT2D eigenvalue weighted by Crippen LogP contribution is 2.11. The zero-order chi connectivity index (χ0) is 12.8. The van der Waals surface area contributed by atoms with Crippen molar-refractivity contribution in [1.82, 2.24) is 5.32 Å². The zero-order valence-corrected chi connectivity index (χ0v) is 8.88. The van der Waals surface area contributed by atoms with Crippen LogP contribution in [0.2, 0.25) is 0 Å². The van der Waals surface area contributed by atoms with Crippen molar-refractivity contribution < 1.29 is 19.8 Å². The lowest BCUT2D eigenvalue weighted by molar-refractivity contribution is -0.137. The molecule has 0 spiro atoms. The molecule has 0 aliphatic carbocycles. The molecule has 0 aliphatic rings. The van der Waals surface area contributed by atoms with Gasteiger partial charge in [-0.05, 0) is 23.8 Å². The lowest BCUT2D eigenvalue weighted by atomic mass is 10.2. The van der Waals surface area contributed by atoms with Crippen LogP contribution in [0.5, 0.6) is 5.75 Å². The molecule has 5 N–H and O–H groups in total. The molecule has 0 aromatic heterocycles. The van der Waals surface area contributed by atoms with E-state index in [1.165, 1.54) is 18.2 Å². The average Bonchev–Trinajstić information content (AvgIpc) is 2.28. The number of amides is 1. The molecular weight excluding hydrogens is 224 g/mol. The predicted octanol–water partition coefficient (Wildman–Crippen LogP) is -0.107. The van der Waals surface area contributed by atoms with Gasteiger partial charge in [0.2, 0.25) is 0 Å². The number of carbonyl (C=O) groups excluding carboxylic acids is 1. The Labute approximate surface area is 97.4 Å². The number of phenols is 1. The fourth-order valence-corrected chi connectivity index (χ4v) is 1.07. The summed E-state index contributed by atoms with van der Waals surface area (Å²) in [6.07, 6.45) is 1.39. The molecule has 0 saturated heterocycles. The topological polar surface area (TPSA) is 113 Å². The van der Waals surface area contributed by atoms with Gasteiger partial charge in [0.1, 0.15) is 12.3 Å². The third kappa shape index (κ3) is 4.25. The SMILES string of the molecule is N/C(=C\c1ccc(O)cc1)C(=O)NCC(=O)O. The first-order valence-electron chi connectivity index (χ1n) is 4.75. The van der Waals surface area contributed by atoms with Gasteiger partial charge in [-0.1, -0.05) is 12.1 Å². The first-order valence-corrected chi connectivity index (χ1v) is 4.75. The number of aliphatic carboxylic acids is 1. The Morgan fingerprint density at radius 1 is 1.29 bits per heavy atom. The second kappa shape index (κ2) is 5.55. The maximum Gasteiger partial charge on any atom is 0.322 e. The molecule has 0 aliphatic heterocycles. The first-order chi connectivity index (χ1) is 7.99. The largest absolute Gasteiger partial charge is 0.508 e. The molecule has 1 aromatic carbocycles. The Morgan fingerprint density at radius 2 is 1.88 bits per heavy atom. The van der Waals surface area contributed by atoms with E-state index in [4.69, 9.17) is 15.9 Å². The van der Waals surface area contributed by atoms with Crippen molar-refractivity contribution in [2.75, 3.05) is 6.54 Å². The second-order valence-corrected chi connectivity index (χ2v) is 3.27. The maximum atomic E-state index is 11.3. The van der Waals surface area contributed by atoms with Crippen LogP contribution in [-0.4, -0.2) is 28.6 Å². The van der Waals surface area contributed by atoms with Crippen LogP contribution in [0.25, 0.3) is 6.08 Å². The summed E-state index contributed by atoms with van der Waals surface area (Å²) in [5, 5.41) is 19.5. The molecule has 0 saturated carbocycles. The van der Waals surface area contributed by atoms with E-state index in [2.05, 4.69) is 5.32 Å². The minimum atomic E-state index is -1.14. The van der Waals surface area contributed by atoms with Crippen molar-refractivity contribution in [3.8, 4) is 5.75 Å². The summed E-state index contributed by atoms with van der Waals surface area (Å²) >= 11 is 0. The Bertz CT molecular complexity index is 451. The van der Waals surface area contributed by atoms with E-state index >= 15 is 0 Å². The molecule has 1 aromatic rings. The maximum absolute atomic E-state index is 11.3. The van der Waals surface area contributed by atoms with E-state index in [0.29, 0.717) is 5.56 Å². The monoisotopic (exact) mass is 236 g/mol. The fraction of sp³-hybridized carbons (Fsp3) is 0.0909. The van der Waals surface area contributed by atoms with Gasteiger partial charge in [0.15, 0.2) is 0 Å². The smallest absolute Gasteiger partial charge is 0.322 e. The van der Waals surface area contributed by atoms with Crippen molar-refractivity contribution in [3.63, 3.8) is 0 Å². The Hall–Kier alpha value is -2.50. The van der Waals surface area contributed by atoms with E-state index in [9.17, 15) is 9.59 Å². The normalized spacial score (nSPS) is 10.9. The molecule has 90 valence electrons. The number of carboxylic acids is 1. The Kier molecular flexibility index (Phi) is 4.10. The number of carboxylic acid groups (broad SMARTS) is 1. The van der Waals surface area contributed by atoms with Crippen LogP contribution in [0.15, 0.2) is 30.0 Å². The summed E-state index contributed by atoms with van der Waals surface area (Å²) in [7, 11) is 0. The molecule has 0 fully saturated rings. The van der Waals surface area contributed by atoms with Crippen LogP contribution < -0.4 is 11.1 Å². The molecule has 1 rings (SSSR count). The lowest BCUT2D eigenvalue weighted by Crippen LogP contribution is -2.32. The van der Waals surface area contributed by atoms with Crippen molar-refractivity contribution >= 4 is 18.0 Å². The van der Waals surface area contributed by atoms with Crippen LogP contribution in [0.4, 0.5) is 0 Å². The van der Waals surface area contributed by atoms with Crippen LogP contribution in [0, 0.1) is 0 Å². The number of carbonyl (C=O) groups is 2. The number of phenolic OH excluding ortho intramolecular Hbond substituents is 1. The molecule has 6 heteroatoms. The van der Waals surface area contributed by atoms with Gasteiger partial charge < -0.3 is 21.3 Å². The summed E-state index contributed by atoms with van der Waals surface area (Å²) in [4.78, 5) is 21.5. The van der Waals surface area contributed by atoms with Gasteiger partial charge in [0.05, 0.1) is 5.70 Å². The van der Waals surface area contributed by atoms with Crippen molar-refractivity contribution in [2.24, 2.45) is 5.73 Å². The molecule has 1 amide bonds. The molecule has 6 nitrogen and oxygen atoms in total. The number of rotatable bonds is 4. The standard InChI is InChI=1S/C11H12N2O4/c12-9(11(17)13-6-10(15)16)5-7-1-3-8(14)4-2-7/h1-5,14H,6,12H2,(H,13,17)(H,15,16)/b9-5-. The molecular formula is C11H12N2O4. The van der Waals surface area contributed by atoms with Gasteiger partial charge >= 0.3 is 5.97 Å². The number of aromatic hydroxyl groups is 1. The average molecular weight is 236 g/mol. The highest BCUT2D eigenvalue weighted by Gasteiger charge is 2.06. The highest BCUT2D eigenvalue weighted by molar-refractivity contribution is 5.98. The van der Waals surface area contributed by atoms with Crippen LogP contribution in [0.3, 0.4) is 0 Å². The quantitative estimate of drug-likeness (QED) is 0.545. The van der Waals surface area contributed by atoms with Gasteiger partial charge in [-0.3, -0.25) is 9.59 Å². The summed E-state index contributed by atoms with van der Waals surface area (Å²) in [6, 6.07) is 6.06. The van der Waals surface area contributed by atoms with Gasteiger partial charge in [0.25, 0.3) is 5.91 Å². The summed E-state index contributed by atoms with van der Waals surface area (Å²) in [5.41, 5.74) is 6.00. The van der Waals surface area contributed by atoms with Gasteiger partial charge in [-0.2, -0.15) is 0 Å². The van der Waals surface area contributed by atoms with Gasteiger partial charge in [-0.25, -0.2) is 0 Å². The van der Waals surface area contributed by atoms with Gasteiger partial charge in [-0.15, -0.1) is 0 Å². The molecule has 0 bridgehead atoms. The predicted molar refractivity (Wildman–Crippen MR) is 60.9 cm³/mol. The number of nitrogens with one attached hydrogen (secondary N) is 1. The molecule has 0 unspecified atom stereocenters. The van der Waals surface area contributed by atoms with Crippen molar-refractivity contribution in [2.45, 2.75) is 0 Å². The third-order valence-electron chi connectivity index (χ3n) is 1.88. The summed E-state index contributed by atoms with van der Waals surface area (Å²) in [6.45, 7) is -0.483. The fourth-order valence-electron chi connectivity index (χ4n) is 1.07. The van der Waals surface area contributed by atoms with E-state index in [0.717, 1.165) is 0 Å². The third-order valence-corrected chi connectivity index (χ3v) is 1.88. The lowest BCUT2D eigenvalue weighted by Gasteiger charge is -2.02. The second-order valence-electron chi connectivity index (χ2n) is 3.27. The van der Waals surface area contributed by atoms with Crippen LogP contribution in [-0.2, 0) is 9.59 Å². The van der Waals surface area contributed by atoms with Crippen LogP contribution in [0.1, 0.15) is 5.56 Å². The number of hydrogen-bond acceptors (Lipinski definition) is 4. The highest BCUT2D eigenvalue weighted by atomic mass is 16.4. The zero-order valence-electron chi connectivity index (χ0n) is 8.88. The molecule has 0 radical (unpaired) electrons. The first kappa shape index (κ1) is 12.6. The summed E-state index contributed by atoms with van der Waals surface area (Å²) < 4.78 is 0. The molecule has 17 heavy (non-hydrogen) atoms. The van der Waals surface area contributed by atoms with Gasteiger partial charge in [0, 0.05) is 0 Å². The summed E-state index contributed by atoms with van der Waals surface area (Å²) in [5.74, 6) is -1.69. The molecule has 0 atom stereocenters. The van der Waals surface area contributed by atoms with E-state index < -0.39 is 18.4 Å². The Balaban J connectivity index is 2.68. The minimum Gasteiger partial charge on any atom is -0.508 e.